The van der Waals surface area contributed by atoms with E-state index in [0.29, 0.717) is 42.4 Å². The second kappa shape index (κ2) is 8.86. The minimum atomic E-state index is -0.139. The normalized spacial score (nSPS) is 14.9. The van der Waals surface area contributed by atoms with Gasteiger partial charge in [0.1, 0.15) is 5.76 Å². The Balaban J connectivity index is 1.42. The summed E-state index contributed by atoms with van der Waals surface area (Å²) in [6.07, 6.45) is 6.49. The van der Waals surface area contributed by atoms with Gasteiger partial charge in [-0.15, -0.1) is 0 Å². The molecule has 2 heterocycles. The number of likely N-dealkylation sites (tertiary alicyclic amines) is 1. The molecule has 2 amide bonds. The monoisotopic (exact) mass is 363 g/mol. The first-order valence-electron chi connectivity index (χ1n) is 8.94. The molecule has 0 spiro atoms. The predicted molar refractivity (Wildman–Crippen MR) is 101 cm³/mol. The Morgan fingerprint density at radius 2 is 1.96 bits per heavy atom. The fourth-order valence-electron chi connectivity index (χ4n) is 3.04. The number of nitrogens with zero attached hydrogens (tertiary/aromatic N) is 2. The van der Waals surface area contributed by atoms with Crippen LogP contribution in [0.5, 0.6) is 0 Å². The highest BCUT2D eigenvalue weighted by Gasteiger charge is 2.22. The van der Waals surface area contributed by atoms with Gasteiger partial charge < -0.3 is 14.6 Å². The number of amides is 2. The van der Waals surface area contributed by atoms with Crippen LogP contribution in [0.25, 0.3) is 6.08 Å². The number of nitriles is 1. The van der Waals surface area contributed by atoms with Gasteiger partial charge in [0.15, 0.2) is 0 Å². The average Bonchev–Trinajstić information content (AvgIpc) is 3.24. The number of piperidine rings is 1. The molecule has 0 aliphatic carbocycles. The largest absolute Gasteiger partial charge is 0.465 e. The van der Waals surface area contributed by atoms with Crippen LogP contribution in [0, 0.1) is 17.2 Å². The van der Waals surface area contributed by atoms with Crippen molar-refractivity contribution in [3.8, 4) is 6.07 Å². The van der Waals surface area contributed by atoms with Crippen LogP contribution in [0.3, 0.4) is 0 Å². The molecular formula is C21H21N3O3. The molecule has 27 heavy (non-hydrogen) atoms. The van der Waals surface area contributed by atoms with Gasteiger partial charge in [0.2, 0.25) is 5.91 Å². The number of hydrogen-bond acceptors (Lipinski definition) is 4. The minimum Gasteiger partial charge on any atom is -0.465 e. The maximum atomic E-state index is 12.2. The Kier molecular flexibility index (Phi) is 6.06. The van der Waals surface area contributed by atoms with Crippen molar-refractivity contribution < 1.29 is 14.0 Å². The van der Waals surface area contributed by atoms with E-state index in [1.807, 2.05) is 11.0 Å². The highest BCUT2D eigenvalue weighted by atomic mass is 16.3. The first-order valence-corrected chi connectivity index (χ1v) is 8.94. The summed E-state index contributed by atoms with van der Waals surface area (Å²) in [7, 11) is 0. The SMILES string of the molecule is N#Cc1ccc(C(=O)NCC2CCN(C(=O)/C=C/c3ccco3)CC2)cc1. The average molecular weight is 363 g/mol. The van der Waals surface area contributed by atoms with Crippen molar-refractivity contribution >= 4 is 17.9 Å². The zero-order valence-electron chi connectivity index (χ0n) is 14.9. The second-order valence-electron chi connectivity index (χ2n) is 6.52. The molecule has 6 nitrogen and oxygen atoms in total. The van der Waals surface area contributed by atoms with Gasteiger partial charge in [0.05, 0.1) is 17.9 Å². The first-order chi connectivity index (χ1) is 13.2. The molecule has 1 aromatic heterocycles. The quantitative estimate of drug-likeness (QED) is 0.828. The van der Waals surface area contributed by atoms with Crippen LogP contribution >= 0.6 is 0 Å². The van der Waals surface area contributed by atoms with E-state index in [2.05, 4.69) is 5.32 Å². The number of carbonyl (C=O) groups excluding carboxylic acids is 2. The van der Waals surface area contributed by atoms with Crippen molar-refractivity contribution in [1.82, 2.24) is 10.2 Å². The van der Waals surface area contributed by atoms with Gasteiger partial charge in [-0.25, -0.2) is 0 Å². The summed E-state index contributed by atoms with van der Waals surface area (Å²) in [4.78, 5) is 26.2. The van der Waals surface area contributed by atoms with Crippen molar-refractivity contribution in [3.05, 3.63) is 65.6 Å². The van der Waals surface area contributed by atoms with E-state index in [1.165, 1.54) is 6.08 Å². The Morgan fingerprint density at radius 1 is 1.22 bits per heavy atom. The smallest absolute Gasteiger partial charge is 0.251 e. The van der Waals surface area contributed by atoms with Crippen LogP contribution in [0.2, 0.25) is 0 Å². The van der Waals surface area contributed by atoms with Crippen LogP contribution < -0.4 is 5.32 Å². The summed E-state index contributed by atoms with van der Waals surface area (Å²) < 4.78 is 5.18. The van der Waals surface area contributed by atoms with E-state index in [9.17, 15) is 9.59 Å². The van der Waals surface area contributed by atoms with Crippen LogP contribution in [0.15, 0.2) is 53.2 Å². The summed E-state index contributed by atoms with van der Waals surface area (Å²) in [5, 5.41) is 11.7. The van der Waals surface area contributed by atoms with Gasteiger partial charge in [0.25, 0.3) is 5.91 Å². The lowest BCUT2D eigenvalue weighted by Crippen LogP contribution is -2.40. The van der Waals surface area contributed by atoms with Gasteiger partial charge in [-0.1, -0.05) is 0 Å². The fourth-order valence-corrected chi connectivity index (χ4v) is 3.04. The molecule has 0 bridgehead atoms. The van der Waals surface area contributed by atoms with Crippen molar-refractivity contribution in [1.29, 1.82) is 5.26 Å². The number of hydrogen-bond donors (Lipinski definition) is 1. The van der Waals surface area contributed by atoms with E-state index in [4.69, 9.17) is 9.68 Å². The van der Waals surface area contributed by atoms with Gasteiger partial charge in [-0.05, 0) is 61.2 Å². The molecule has 0 saturated carbocycles. The van der Waals surface area contributed by atoms with E-state index < -0.39 is 0 Å². The van der Waals surface area contributed by atoms with Crippen LogP contribution in [-0.2, 0) is 4.79 Å². The summed E-state index contributed by atoms with van der Waals surface area (Å²) in [6, 6.07) is 12.2. The van der Waals surface area contributed by atoms with Crippen LogP contribution in [0.1, 0.15) is 34.5 Å². The zero-order valence-corrected chi connectivity index (χ0v) is 14.9. The maximum absolute atomic E-state index is 12.2. The zero-order chi connectivity index (χ0) is 19.1. The van der Waals surface area contributed by atoms with Gasteiger partial charge in [0, 0.05) is 31.3 Å². The lowest BCUT2D eigenvalue weighted by molar-refractivity contribution is -0.127. The van der Waals surface area contributed by atoms with Gasteiger partial charge in [-0.2, -0.15) is 5.26 Å². The summed E-state index contributed by atoms with van der Waals surface area (Å²) in [6.45, 7) is 1.95. The van der Waals surface area contributed by atoms with Crippen LogP contribution in [0.4, 0.5) is 0 Å². The third-order valence-corrected chi connectivity index (χ3v) is 4.69. The molecule has 1 aliphatic heterocycles. The molecule has 1 aliphatic rings. The van der Waals surface area contributed by atoms with Gasteiger partial charge >= 0.3 is 0 Å². The summed E-state index contributed by atoms with van der Waals surface area (Å²) in [5.41, 5.74) is 1.08. The lowest BCUT2D eigenvalue weighted by atomic mass is 9.96. The number of benzene rings is 1. The Morgan fingerprint density at radius 3 is 2.59 bits per heavy atom. The molecular weight excluding hydrogens is 342 g/mol. The highest BCUT2D eigenvalue weighted by Crippen LogP contribution is 2.17. The van der Waals surface area contributed by atoms with Crippen molar-refractivity contribution in [2.45, 2.75) is 12.8 Å². The number of carbonyl (C=O) groups is 2. The predicted octanol–water partition coefficient (Wildman–Crippen LogP) is 2.83. The molecule has 6 heteroatoms. The standard InChI is InChI=1S/C21H21N3O3/c22-14-16-3-5-18(6-4-16)21(26)23-15-17-9-11-24(12-10-17)20(25)8-7-19-2-1-13-27-19/h1-8,13,17H,9-12,15H2,(H,23,26)/b8-7+. The van der Waals surface area contributed by atoms with E-state index in [-0.39, 0.29) is 11.8 Å². The lowest BCUT2D eigenvalue weighted by Gasteiger charge is -2.31. The summed E-state index contributed by atoms with van der Waals surface area (Å²) in [5.74, 6) is 0.847. The van der Waals surface area contributed by atoms with E-state index in [0.717, 1.165) is 12.8 Å². The minimum absolute atomic E-state index is 0.0218. The number of nitrogens with one attached hydrogen (secondary N) is 1. The van der Waals surface area contributed by atoms with Gasteiger partial charge in [-0.3, -0.25) is 9.59 Å². The fraction of sp³-hybridized carbons (Fsp3) is 0.286. The maximum Gasteiger partial charge on any atom is 0.251 e. The molecule has 2 aromatic rings. The highest BCUT2D eigenvalue weighted by molar-refractivity contribution is 5.94. The molecule has 1 N–H and O–H groups in total. The number of rotatable bonds is 5. The van der Waals surface area contributed by atoms with E-state index >= 15 is 0 Å². The Hall–Kier alpha value is -3.33. The molecule has 1 fully saturated rings. The van der Waals surface area contributed by atoms with Crippen LogP contribution in [-0.4, -0.2) is 36.3 Å². The topological polar surface area (TPSA) is 86.3 Å². The molecule has 1 saturated heterocycles. The Labute approximate surface area is 158 Å². The van der Waals surface area contributed by atoms with Crippen molar-refractivity contribution in [3.63, 3.8) is 0 Å². The molecule has 1 aromatic carbocycles. The van der Waals surface area contributed by atoms with Crippen molar-refractivity contribution in [2.24, 2.45) is 5.92 Å². The van der Waals surface area contributed by atoms with Crippen molar-refractivity contribution in [2.75, 3.05) is 19.6 Å². The molecule has 0 atom stereocenters. The molecule has 138 valence electrons. The molecule has 0 unspecified atom stereocenters. The summed E-state index contributed by atoms with van der Waals surface area (Å²) >= 11 is 0. The first kappa shape index (κ1) is 18.5. The second-order valence-corrected chi connectivity index (χ2v) is 6.52. The van der Waals surface area contributed by atoms with E-state index in [1.54, 1.807) is 48.7 Å². The third-order valence-electron chi connectivity index (χ3n) is 4.69. The number of furan rings is 1. The molecule has 3 rings (SSSR count). The molecule has 0 radical (unpaired) electrons. The third kappa shape index (κ3) is 5.08. The Bertz CT molecular complexity index is 840.